The Labute approximate surface area is 207 Å². The molecule has 2 aromatic rings. The first-order valence-electron chi connectivity index (χ1n) is 11.6. The fourth-order valence-corrected chi connectivity index (χ4v) is 4.75. The van der Waals surface area contributed by atoms with Crippen molar-refractivity contribution in [3.63, 3.8) is 0 Å². The normalized spacial score (nSPS) is 19.4. The number of hydrogen-bond donors (Lipinski definition) is 3. The Morgan fingerprint density at radius 3 is 2.57 bits per heavy atom. The molecule has 35 heavy (non-hydrogen) atoms. The van der Waals surface area contributed by atoms with Gasteiger partial charge in [0, 0.05) is 30.2 Å². The van der Waals surface area contributed by atoms with Gasteiger partial charge in [-0.05, 0) is 79.5 Å². The SMILES string of the molecule is O=C(O)CC1CCC(OC(=O)N2CCc3cc(NC(=O)Nc4cc(Cl)ccc4F)ccc3C2)CC1. The summed E-state index contributed by atoms with van der Waals surface area (Å²) in [7, 11) is 0. The molecule has 8 nitrogen and oxygen atoms in total. The van der Waals surface area contributed by atoms with Crippen LogP contribution in [-0.4, -0.2) is 40.7 Å². The summed E-state index contributed by atoms with van der Waals surface area (Å²) in [6.07, 6.45) is 3.11. The van der Waals surface area contributed by atoms with E-state index in [9.17, 15) is 18.8 Å². The number of hydrogen-bond acceptors (Lipinski definition) is 4. The molecule has 0 bridgehead atoms. The van der Waals surface area contributed by atoms with E-state index >= 15 is 0 Å². The van der Waals surface area contributed by atoms with Gasteiger partial charge >= 0.3 is 18.1 Å². The molecule has 2 aliphatic rings. The van der Waals surface area contributed by atoms with Crippen LogP contribution in [0.1, 0.15) is 43.2 Å². The molecule has 1 aliphatic heterocycles. The minimum Gasteiger partial charge on any atom is -0.481 e. The largest absolute Gasteiger partial charge is 0.481 e. The van der Waals surface area contributed by atoms with Crippen LogP contribution in [0.5, 0.6) is 0 Å². The van der Waals surface area contributed by atoms with Gasteiger partial charge in [-0.1, -0.05) is 17.7 Å². The molecule has 3 N–H and O–H groups in total. The zero-order chi connectivity index (χ0) is 24.9. The summed E-state index contributed by atoms with van der Waals surface area (Å²) in [5.41, 5.74) is 2.51. The van der Waals surface area contributed by atoms with Crippen molar-refractivity contribution in [1.29, 1.82) is 0 Å². The minimum absolute atomic E-state index is 0.0162. The van der Waals surface area contributed by atoms with Crippen LogP contribution in [0.4, 0.5) is 25.4 Å². The van der Waals surface area contributed by atoms with Gasteiger partial charge < -0.3 is 25.4 Å². The van der Waals surface area contributed by atoms with Crippen LogP contribution in [0, 0.1) is 11.7 Å². The minimum atomic E-state index is -0.786. The Morgan fingerprint density at radius 1 is 1.06 bits per heavy atom. The molecule has 0 saturated heterocycles. The lowest BCUT2D eigenvalue weighted by Gasteiger charge is -2.32. The summed E-state index contributed by atoms with van der Waals surface area (Å²) in [6.45, 7) is 0.895. The van der Waals surface area contributed by atoms with Gasteiger partial charge in [-0.15, -0.1) is 0 Å². The molecular formula is C25H27ClFN3O5. The molecule has 0 unspecified atom stereocenters. The van der Waals surface area contributed by atoms with Crippen LogP contribution in [0.25, 0.3) is 0 Å². The number of carboxylic acid groups (broad SMARTS) is 1. The zero-order valence-corrected chi connectivity index (χ0v) is 19.8. The number of halogens is 2. The molecule has 1 saturated carbocycles. The number of carbonyl (C=O) groups is 3. The summed E-state index contributed by atoms with van der Waals surface area (Å²) in [6, 6.07) is 8.74. The average Bonchev–Trinajstić information content (AvgIpc) is 2.82. The van der Waals surface area contributed by atoms with Gasteiger partial charge in [-0.2, -0.15) is 0 Å². The molecule has 10 heteroatoms. The number of anilines is 2. The summed E-state index contributed by atoms with van der Waals surface area (Å²) < 4.78 is 19.5. The van der Waals surface area contributed by atoms with Crippen molar-refractivity contribution in [3.05, 3.63) is 58.4 Å². The summed E-state index contributed by atoms with van der Waals surface area (Å²) in [5, 5.41) is 14.4. The third-order valence-corrected chi connectivity index (χ3v) is 6.67. The van der Waals surface area contributed by atoms with Crippen LogP contribution in [0.2, 0.25) is 5.02 Å². The standard InChI is InChI=1S/C25H27ClFN3O5/c26-18-4-8-21(27)22(13-18)29-24(33)28-19-5-3-17-14-30(10-9-16(17)12-19)25(34)35-20-6-1-15(2-7-20)11-23(31)32/h3-5,8,12-13,15,20H,1-2,6-7,9-11,14H2,(H,31,32)(H2,28,29,33). The first-order chi connectivity index (χ1) is 16.8. The lowest BCUT2D eigenvalue weighted by atomic mass is 9.85. The molecule has 3 amide bonds. The molecule has 2 aromatic carbocycles. The van der Waals surface area contributed by atoms with E-state index in [1.807, 2.05) is 12.1 Å². The highest BCUT2D eigenvalue weighted by Gasteiger charge is 2.28. The second-order valence-corrected chi connectivity index (χ2v) is 9.42. The van der Waals surface area contributed by atoms with E-state index in [2.05, 4.69) is 10.6 Å². The van der Waals surface area contributed by atoms with Gasteiger partial charge in [0.2, 0.25) is 0 Å². The van der Waals surface area contributed by atoms with E-state index in [-0.39, 0.29) is 30.2 Å². The number of nitrogens with one attached hydrogen (secondary N) is 2. The Hall–Kier alpha value is -3.33. The number of urea groups is 1. The summed E-state index contributed by atoms with van der Waals surface area (Å²) in [5.74, 6) is -1.22. The van der Waals surface area contributed by atoms with Gasteiger partial charge in [0.25, 0.3) is 0 Å². The molecule has 186 valence electrons. The number of rotatable bonds is 5. The van der Waals surface area contributed by atoms with Crippen molar-refractivity contribution < 1.29 is 28.6 Å². The maximum absolute atomic E-state index is 13.8. The molecular weight excluding hydrogens is 477 g/mol. The fraction of sp³-hybridized carbons (Fsp3) is 0.400. The van der Waals surface area contributed by atoms with Crippen LogP contribution in [-0.2, 0) is 22.5 Å². The van der Waals surface area contributed by atoms with Gasteiger partial charge in [0.05, 0.1) is 5.69 Å². The van der Waals surface area contributed by atoms with Crippen molar-refractivity contribution >= 4 is 41.1 Å². The molecule has 0 atom stereocenters. The van der Waals surface area contributed by atoms with E-state index in [1.54, 1.807) is 11.0 Å². The summed E-state index contributed by atoms with van der Waals surface area (Å²) in [4.78, 5) is 37.5. The smallest absolute Gasteiger partial charge is 0.410 e. The molecule has 4 rings (SSSR count). The van der Waals surface area contributed by atoms with Gasteiger partial charge in [-0.25, -0.2) is 14.0 Å². The Morgan fingerprint density at radius 2 is 1.83 bits per heavy atom. The summed E-state index contributed by atoms with van der Waals surface area (Å²) >= 11 is 5.86. The van der Waals surface area contributed by atoms with E-state index < -0.39 is 17.8 Å². The molecule has 1 aliphatic carbocycles. The topological polar surface area (TPSA) is 108 Å². The van der Waals surface area contributed by atoms with E-state index in [0.717, 1.165) is 24.0 Å². The van der Waals surface area contributed by atoms with Crippen LogP contribution in [0.15, 0.2) is 36.4 Å². The van der Waals surface area contributed by atoms with E-state index in [0.29, 0.717) is 43.1 Å². The highest BCUT2D eigenvalue weighted by molar-refractivity contribution is 6.30. The van der Waals surface area contributed by atoms with Crippen molar-refractivity contribution in [2.45, 2.75) is 51.2 Å². The third kappa shape index (κ3) is 6.63. The van der Waals surface area contributed by atoms with Gasteiger partial charge in [-0.3, -0.25) is 4.79 Å². The third-order valence-electron chi connectivity index (χ3n) is 6.44. The second kappa shape index (κ2) is 10.9. The number of carboxylic acids is 1. The van der Waals surface area contributed by atoms with Crippen molar-refractivity contribution in [2.75, 3.05) is 17.2 Å². The maximum Gasteiger partial charge on any atom is 0.410 e. The predicted octanol–water partition coefficient (Wildman–Crippen LogP) is 5.65. The number of carbonyl (C=O) groups excluding carboxylic acids is 2. The molecule has 1 fully saturated rings. The lowest BCUT2D eigenvalue weighted by molar-refractivity contribution is -0.138. The average molecular weight is 504 g/mol. The van der Waals surface area contributed by atoms with Gasteiger partial charge in [0.1, 0.15) is 11.9 Å². The first kappa shape index (κ1) is 24.8. The van der Waals surface area contributed by atoms with Crippen molar-refractivity contribution in [1.82, 2.24) is 4.90 Å². The Bertz CT molecular complexity index is 1120. The number of amides is 3. The predicted molar refractivity (Wildman–Crippen MR) is 129 cm³/mol. The lowest BCUT2D eigenvalue weighted by Crippen LogP contribution is -2.39. The van der Waals surface area contributed by atoms with Crippen molar-refractivity contribution in [2.24, 2.45) is 5.92 Å². The zero-order valence-electron chi connectivity index (χ0n) is 19.1. The Kier molecular flexibility index (Phi) is 7.75. The number of aliphatic carboxylic acids is 1. The molecule has 0 radical (unpaired) electrons. The number of benzene rings is 2. The van der Waals surface area contributed by atoms with Crippen LogP contribution in [0.3, 0.4) is 0 Å². The van der Waals surface area contributed by atoms with Crippen LogP contribution >= 0.6 is 11.6 Å². The second-order valence-electron chi connectivity index (χ2n) is 8.98. The van der Waals surface area contributed by atoms with Crippen LogP contribution < -0.4 is 10.6 Å². The maximum atomic E-state index is 13.8. The number of nitrogens with zero attached hydrogens (tertiary/aromatic N) is 1. The van der Waals surface area contributed by atoms with E-state index in [1.165, 1.54) is 18.2 Å². The molecule has 1 heterocycles. The van der Waals surface area contributed by atoms with Gasteiger partial charge in [0.15, 0.2) is 0 Å². The monoisotopic (exact) mass is 503 g/mol. The first-order valence-corrected chi connectivity index (χ1v) is 12.0. The molecule has 0 spiro atoms. The number of ether oxygens (including phenoxy) is 1. The number of fused-ring (bicyclic) bond motifs is 1. The Balaban J connectivity index is 1.28. The van der Waals surface area contributed by atoms with E-state index in [4.69, 9.17) is 21.4 Å². The quantitative estimate of drug-likeness (QED) is 0.488. The highest BCUT2D eigenvalue weighted by atomic mass is 35.5. The fourth-order valence-electron chi connectivity index (χ4n) is 4.58. The highest BCUT2D eigenvalue weighted by Crippen LogP contribution is 2.30. The molecule has 0 aromatic heterocycles. The van der Waals surface area contributed by atoms with Crippen molar-refractivity contribution in [3.8, 4) is 0 Å².